The zero-order valence-corrected chi connectivity index (χ0v) is 11.0. The molecule has 0 spiro atoms. The molecule has 19 heavy (non-hydrogen) atoms. The topological polar surface area (TPSA) is 66.5 Å². The molecule has 2 rings (SSSR count). The molecule has 0 bridgehead atoms. The summed E-state index contributed by atoms with van der Waals surface area (Å²) in [5.41, 5.74) is 1.67. The number of hydrogen-bond donors (Lipinski definition) is 1. The fraction of sp³-hybridized carbons (Fsp3) is 0.357. The number of amides is 2. The van der Waals surface area contributed by atoms with E-state index in [2.05, 4.69) is 5.32 Å². The molecule has 1 aromatic rings. The molecule has 1 atom stereocenters. The summed E-state index contributed by atoms with van der Waals surface area (Å²) in [5, 5.41) is 2.25. The number of carbonyl (C=O) groups is 3. The van der Waals surface area contributed by atoms with E-state index in [-0.39, 0.29) is 30.7 Å². The van der Waals surface area contributed by atoms with Crippen LogP contribution in [0, 0.1) is 6.92 Å². The lowest BCUT2D eigenvalue weighted by Gasteiger charge is -2.30. The number of piperazine rings is 1. The number of hydrogen-bond acceptors (Lipinski definition) is 4. The van der Waals surface area contributed by atoms with Crippen LogP contribution in [0.2, 0.25) is 0 Å². The van der Waals surface area contributed by atoms with Gasteiger partial charge in [0.2, 0.25) is 11.8 Å². The third-order valence-electron chi connectivity index (χ3n) is 3.26. The van der Waals surface area contributed by atoms with Crippen molar-refractivity contribution in [3.63, 3.8) is 0 Å². The highest BCUT2D eigenvalue weighted by Crippen LogP contribution is 2.09. The first-order valence-corrected chi connectivity index (χ1v) is 6.15. The minimum atomic E-state index is -0.466. The third-order valence-corrected chi connectivity index (χ3v) is 3.26. The van der Waals surface area contributed by atoms with Gasteiger partial charge in [0, 0.05) is 5.56 Å². The standard InChI is InChI=1S/C14H16N2O3/c1-9-3-5-11(6-4-9)12(17)7-16-8-13(18)15-14(19)10(16)2/h3-6,10H,7-8H2,1-2H3,(H,15,18,19). The molecule has 1 unspecified atom stereocenters. The van der Waals surface area contributed by atoms with Crippen LogP contribution in [-0.2, 0) is 9.59 Å². The van der Waals surface area contributed by atoms with Crippen molar-refractivity contribution in [2.24, 2.45) is 0 Å². The monoisotopic (exact) mass is 260 g/mol. The van der Waals surface area contributed by atoms with Gasteiger partial charge in [0.1, 0.15) is 0 Å². The number of carbonyl (C=O) groups excluding carboxylic acids is 3. The number of imide groups is 1. The van der Waals surface area contributed by atoms with Gasteiger partial charge in [0.05, 0.1) is 19.1 Å². The molecule has 1 aliphatic rings. The Balaban J connectivity index is 2.07. The molecule has 0 aliphatic carbocycles. The third kappa shape index (κ3) is 3.06. The largest absolute Gasteiger partial charge is 0.294 e. The van der Waals surface area contributed by atoms with Crippen LogP contribution in [0.4, 0.5) is 0 Å². The van der Waals surface area contributed by atoms with Crippen LogP contribution in [0.5, 0.6) is 0 Å². The normalized spacial score (nSPS) is 20.2. The van der Waals surface area contributed by atoms with Crippen LogP contribution in [0.3, 0.4) is 0 Å². The predicted octanol–water partition coefficient (Wildman–Crippen LogP) is 0.525. The highest BCUT2D eigenvalue weighted by atomic mass is 16.2. The summed E-state index contributed by atoms with van der Waals surface area (Å²) in [6.45, 7) is 3.78. The molecule has 0 saturated carbocycles. The molecular weight excluding hydrogens is 244 g/mol. The summed E-state index contributed by atoms with van der Waals surface area (Å²) >= 11 is 0. The maximum Gasteiger partial charge on any atom is 0.243 e. The van der Waals surface area contributed by atoms with E-state index in [9.17, 15) is 14.4 Å². The molecule has 0 aromatic heterocycles. The summed E-state index contributed by atoms with van der Waals surface area (Å²) in [7, 11) is 0. The lowest BCUT2D eigenvalue weighted by molar-refractivity contribution is -0.139. The van der Waals surface area contributed by atoms with Crippen molar-refractivity contribution < 1.29 is 14.4 Å². The fourth-order valence-corrected chi connectivity index (χ4v) is 1.98. The van der Waals surface area contributed by atoms with Crippen molar-refractivity contribution in [1.82, 2.24) is 10.2 Å². The van der Waals surface area contributed by atoms with E-state index >= 15 is 0 Å². The smallest absolute Gasteiger partial charge is 0.243 e. The lowest BCUT2D eigenvalue weighted by atomic mass is 10.1. The number of ketones is 1. The number of nitrogens with zero attached hydrogens (tertiary/aromatic N) is 1. The summed E-state index contributed by atoms with van der Waals surface area (Å²) in [6.07, 6.45) is 0. The molecule has 5 heteroatoms. The minimum Gasteiger partial charge on any atom is -0.294 e. The second kappa shape index (κ2) is 5.32. The average Bonchev–Trinajstić information content (AvgIpc) is 2.36. The van der Waals surface area contributed by atoms with E-state index in [4.69, 9.17) is 0 Å². The minimum absolute atomic E-state index is 0.0728. The van der Waals surface area contributed by atoms with E-state index in [1.165, 1.54) is 0 Å². The molecule has 1 aromatic carbocycles. The van der Waals surface area contributed by atoms with E-state index in [0.29, 0.717) is 5.56 Å². The Morgan fingerprint density at radius 1 is 1.32 bits per heavy atom. The number of Topliss-reactive ketones (excluding diaryl/α,β-unsaturated/α-hetero) is 1. The Labute approximate surface area is 111 Å². The first kappa shape index (κ1) is 13.4. The van der Waals surface area contributed by atoms with Crippen molar-refractivity contribution in [3.05, 3.63) is 35.4 Å². The Kier molecular flexibility index (Phi) is 3.76. The molecule has 1 heterocycles. The van der Waals surface area contributed by atoms with E-state index in [0.717, 1.165) is 5.56 Å². The second-order valence-electron chi connectivity index (χ2n) is 4.78. The SMILES string of the molecule is Cc1ccc(C(=O)CN2CC(=O)NC(=O)C2C)cc1. The molecule has 100 valence electrons. The zero-order chi connectivity index (χ0) is 14.0. The van der Waals surface area contributed by atoms with Gasteiger partial charge in [-0.3, -0.25) is 24.6 Å². The molecule has 0 radical (unpaired) electrons. The summed E-state index contributed by atoms with van der Waals surface area (Å²) in [6, 6.07) is 6.78. The molecule has 1 saturated heterocycles. The summed E-state index contributed by atoms with van der Waals surface area (Å²) in [4.78, 5) is 36.5. The van der Waals surface area contributed by atoms with Crippen molar-refractivity contribution >= 4 is 17.6 Å². The molecule has 5 nitrogen and oxygen atoms in total. The number of nitrogens with one attached hydrogen (secondary N) is 1. The van der Waals surface area contributed by atoms with E-state index in [1.807, 2.05) is 19.1 Å². The van der Waals surface area contributed by atoms with Gasteiger partial charge in [-0.2, -0.15) is 0 Å². The van der Waals surface area contributed by atoms with Crippen molar-refractivity contribution in [1.29, 1.82) is 0 Å². The van der Waals surface area contributed by atoms with Gasteiger partial charge < -0.3 is 0 Å². The van der Waals surface area contributed by atoms with Crippen molar-refractivity contribution in [3.8, 4) is 0 Å². The fourth-order valence-electron chi connectivity index (χ4n) is 1.98. The summed E-state index contributed by atoms with van der Waals surface area (Å²) in [5.74, 6) is -0.804. The Bertz CT molecular complexity index is 522. The summed E-state index contributed by atoms with van der Waals surface area (Å²) < 4.78 is 0. The molecule has 2 amide bonds. The van der Waals surface area contributed by atoms with Crippen LogP contribution >= 0.6 is 0 Å². The van der Waals surface area contributed by atoms with E-state index in [1.54, 1.807) is 24.0 Å². The highest BCUT2D eigenvalue weighted by molar-refractivity contribution is 6.03. The zero-order valence-electron chi connectivity index (χ0n) is 11.0. The molecule has 1 aliphatic heterocycles. The highest BCUT2D eigenvalue weighted by Gasteiger charge is 2.31. The van der Waals surface area contributed by atoms with Gasteiger partial charge in [0.15, 0.2) is 5.78 Å². The van der Waals surface area contributed by atoms with Crippen LogP contribution < -0.4 is 5.32 Å². The first-order chi connectivity index (χ1) is 8.97. The van der Waals surface area contributed by atoms with Crippen LogP contribution in [0.15, 0.2) is 24.3 Å². The van der Waals surface area contributed by atoms with Gasteiger partial charge in [-0.05, 0) is 13.8 Å². The maximum absolute atomic E-state index is 12.1. The first-order valence-electron chi connectivity index (χ1n) is 6.15. The molecule has 1 fully saturated rings. The van der Waals surface area contributed by atoms with Crippen LogP contribution in [0.1, 0.15) is 22.8 Å². The lowest BCUT2D eigenvalue weighted by Crippen LogP contribution is -2.57. The Hall–Kier alpha value is -2.01. The number of aryl methyl sites for hydroxylation is 1. The van der Waals surface area contributed by atoms with Gasteiger partial charge in [-0.15, -0.1) is 0 Å². The Morgan fingerprint density at radius 3 is 2.58 bits per heavy atom. The maximum atomic E-state index is 12.1. The van der Waals surface area contributed by atoms with Gasteiger partial charge in [0.25, 0.3) is 0 Å². The van der Waals surface area contributed by atoms with Gasteiger partial charge in [-0.25, -0.2) is 0 Å². The Morgan fingerprint density at radius 2 is 1.95 bits per heavy atom. The van der Waals surface area contributed by atoms with Crippen LogP contribution in [0.25, 0.3) is 0 Å². The van der Waals surface area contributed by atoms with Crippen molar-refractivity contribution in [2.45, 2.75) is 19.9 Å². The van der Waals surface area contributed by atoms with E-state index < -0.39 is 6.04 Å². The molecule has 1 N–H and O–H groups in total. The predicted molar refractivity (Wildman–Crippen MR) is 69.7 cm³/mol. The quantitative estimate of drug-likeness (QED) is 0.636. The average molecular weight is 260 g/mol. The van der Waals surface area contributed by atoms with Gasteiger partial charge >= 0.3 is 0 Å². The number of benzene rings is 1. The number of rotatable bonds is 3. The van der Waals surface area contributed by atoms with Crippen molar-refractivity contribution in [2.75, 3.05) is 13.1 Å². The van der Waals surface area contributed by atoms with Gasteiger partial charge in [-0.1, -0.05) is 29.8 Å². The second-order valence-corrected chi connectivity index (χ2v) is 4.78. The molecular formula is C14H16N2O3. The van der Waals surface area contributed by atoms with Crippen LogP contribution in [-0.4, -0.2) is 41.6 Å².